The molecule has 0 spiro atoms. The largest absolute Gasteiger partial charge is 0.343 e. The Morgan fingerprint density at radius 1 is 1.47 bits per heavy atom. The Kier molecular flexibility index (Phi) is 2.31. The molecule has 0 aromatic carbocycles. The number of rotatable bonds is 3. The zero-order chi connectivity index (χ0) is 10.9. The van der Waals surface area contributed by atoms with Crippen molar-refractivity contribution in [3.63, 3.8) is 0 Å². The average Bonchev–Trinajstić information content (AvgIpc) is 2.64. The number of pyridine rings is 1. The van der Waals surface area contributed by atoms with Crippen LogP contribution in [-0.2, 0) is 10.0 Å². The molecular formula is C8H10N4O2S. The van der Waals surface area contributed by atoms with Crippen molar-refractivity contribution in [1.82, 2.24) is 15.0 Å². The molecule has 7 heteroatoms. The highest BCUT2D eigenvalue weighted by molar-refractivity contribution is 7.92. The van der Waals surface area contributed by atoms with Crippen LogP contribution >= 0.6 is 0 Å². The zero-order valence-electron chi connectivity index (χ0n) is 8.06. The maximum absolute atomic E-state index is 11.3. The van der Waals surface area contributed by atoms with Gasteiger partial charge in [0.15, 0.2) is 5.65 Å². The summed E-state index contributed by atoms with van der Waals surface area (Å²) in [6.07, 6.45) is 2.95. The van der Waals surface area contributed by atoms with Crippen LogP contribution in [0.2, 0.25) is 0 Å². The maximum atomic E-state index is 11.3. The third-order valence-electron chi connectivity index (χ3n) is 1.93. The standard InChI is InChI=1S/C8H10N4O2S/c1-2-15(13,14)12-6-3-7-8(9-4-6)11-5-10-7/h3-5,12H,2H2,1H3,(H,9,10,11). The van der Waals surface area contributed by atoms with Crippen molar-refractivity contribution in [2.75, 3.05) is 10.5 Å². The first-order valence-corrected chi connectivity index (χ1v) is 6.05. The minimum Gasteiger partial charge on any atom is -0.343 e. The van der Waals surface area contributed by atoms with Gasteiger partial charge in [0.1, 0.15) is 0 Å². The van der Waals surface area contributed by atoms with E-state index in [2.05, 4.69) is 19.7 Å². The molecule has 0 saturated carbocycles. The number of H-pyrrole nitrogens is 1. The number of fused-ring (bicyclic) bond motifs is 1. The number of sulfonamides is 1. The molecule has 0 saturated heterocycles. The zero-order valence-corrected chi connectivity index (χ0v) is 8.87. The number of nitrogens with one attached hydrogen (secondary N) is 2. The summed E-state index contributed by atoms with van der Waals surface area (Å²) < 4.78 is 25.0. The van der Waals surface area contributed by atoms with Gasteiger partial charge in [-0.1, -0.05) is 0 Å². The third-order valence-corrected chi connectivity index (χ3v) is 3.23. The second-order valence-electron chi connectivity index (χ2n) is 3.00. The first-order valence-electron chi connectivity index (χ1n) is 4.40. The normalized spacial score (nSPS) is 11.8. The fourth-order valence-corrected chi connectivity index (χ4v) is 1.75. The lowest BCUT2D eigenvalue weighted by molar-refractivity contribution is 0.602. The van der Waals surface area contributed by atoms with Crippen LogP contribution in [-0.4, -0.2) is 29.1 Å². The highest BCUT2D eigenvalue weighted by Crippen LogP contribution is 2.13. The van der Waals surface area contributed by atoms with Gasteiger partial charge in [0.25, 0.3) is 0 Å². The van der Waals surface area contributed by atoms with Crippen molar-refractivity contribution in [1.29, 1.82) is 0 Å². The molecule has 0 radical (unpaired) electrons. The summed E-state index contributed by atoms with van der Waals surface area (Å²) in [5, 5.41) is 0. The van der Waals surface area contributed by atoms with Gasteiger partial charge in [0.2, 0.25) is 10.0 Å². The molecule has 15 heavy (non-hydrogen) atoms. The SMILES string of the molecule is CCS(=O)(=O)Nc1cnc2nc[nH]c2c1. The molecule has 0 aliphatic rings. The predicted octanol–water partition coefficient (Wildman–Crippen LogP) is 0.720. The first kappa shape index (κ1) is 9.91. The summed E-state index contributed by atoms with van der Waals surface area (Å²) in [5.41, 5.74) is 1.70. The van der Waals surface area contributed by atoms with Gasteiger partial charge in [-0.2, -0.15) is 0 Å². The van der Waals surface area contributed by atoms with E-state index in [9.17, 15) is 8.42 Å². The second-order valence-corrected chi connectivity index (χ2v) is 5.01. The maximum Gasteiger partial charge on any atom is 0.232 e. The lowest BCUT2D eigenvalue weighted by atomic mass is 10.4. The highest BCUT2D eigenvalue weighted by atomic mass is 32.2. The molecule has 80 valence electrons. The molecule has 0 unspecified atom stereocenters. The number of nitrogens with zero attached hydrogens (tertiary/aromatic N) is 2. The Balaban J connectivity index is 2.37. The number of hydrogen-bond acceptors (Lipinski definition) is 4. The molecule has 2 N–H and O–H groups in total. The summed E-state index contributed by atoms with van der Waals surface area (Å²) in [6.45, 7) is 1.57. The van der Waals surface area contributed by atoms with E-state index in [0.29, 0.717) is 16.9 Å². The van der Waals surface area contributed by atoms with Gasteiger partial charge < -0.3 is 4.98 Å². The molecule has 2 heterocycles. The monoisotopic (exact) mass is 226 g/mol. The Morgan fingerprint density at radius 2 is 2.27 bits per heavy atom. The van der Waals surface area contributed by atoms with Crippen LogP contribution in [0.4, 0.5) is 5.69 Å². The van der Waals surface area contributed by atoms with E-state index in [1.807, 2.05) is 0 Å². The van der Waals surface area contributed by atoms with E-state index < -0.39 is 10.0 Å². The Bertz CT molecular complexity index is 575. The molecule has 0 bridgehead atoms. The van der Waals surface area contributed by atoms with Crippen molar-refractivity contribution in [2.24, 2.45) is 0 Å². The lowest BCUT2D eigenvalue weighted by Gasteiger charge is -2.04. The smallest absolute Gasteiger partial charge is 0.232 e. The van der Waals surface area contributed by atoms with Crippen molar-refractivity contribution >= 4 is 26.9 Å². The van der Waals surface area contributed by atoms with Gasteiger partial charge in [-0.05, 0) is 13.0 Å². The number of imidazole rings is 1. The first-order chi connectivity index (χ1) is 7.11. The van der Waals surface area contributed by atoms with E-state index in [1.165, 1.54) is 12.5 Å². The average molecular weight is 226 g/mol. The summed E-state index contributed by atoms with van der Waals surface area (Å²) in [5.74, 6) is 0.0357. The van der Waals surface area contributed by atoms with Gasteiger partial charge in [0, 0.05) is 0 Å². The van der Waals surface area contributed by atoms with E-state index in [1.54, 1.807) is 13.0 Å². The quantitative estimate of drug-likeness (QED) is 0.807. The van der Waals surface area contributed by atoms with E-state index >= 15 is 0 Å². The summed E-state index contributed by atoms with van der Waals surface area (Å²) >= 11 is 0. The lowest BCUT2D eigenvalue weighted by Crippen LogP contribution is -2.14. The Labute approximate surface area is 86.8 Å². The highest BCUT2D eigenvalue weighted by Gasteiger charge is 2.07. The van der Waals surface area contributed by atoms with Crippen LogP contribution in [0.1, 0.15) is 6.92 Å². The summed E-state index contributed by atoms with van der Waals surface area (Å²) in [4.78, 5) is 10.8. The number of hydrogen-bond donors (Lipinski definition) is 2. The minimum absolute atomic E-state index is 0.0357. The molecule has 0 aliphatic heterocycles. The van der Waals surface area contributed by atoms with Gasteiger partial charge in [-0.25, -0.2) is 18.4 Å². The predicted molar refractivity (Wildman–Crippen MR) is 57.0 cm³/mol. The van der Waals surface area contributed by atoms with Crippen molar-refractivity contribution < 1.29 is 8.42 Å². The molecule has 0 aliphatic carbocycles. The van der Waals surface area contributed by atoms with Crippen LogP contribution < -0.4 is 4.72 Å². The Hall–Kier alpha value is -1.63. The molecule has 0 atom stereocenters. The van der Waals surface area contributed by atoms with Gasteiger partial charge in [-0.15, -0.1) is 0 Å². The molecule has 0 amide bonds. The van der Waals surface area contributed by atoms with Gasteiger partial charge in [0.05, 0.1) is 29.5 Å². The fourth-order valence-electron chi connectivity index (χ4n) is 1.14. The number of anilines is 1. The topological polar surface area (TPSA) is 87.7 Å². The van der Waals surface area contributed by atoms with E-state index in [4.69, 9.17) is 0 Å². The number of aromatic nitrogens is 3. The van der Waals surface area contributed by atoms with Gasteiger partial charge >= 0.3 is 0 Å². The second kappa shape index (κ2) is 3.50. The molecule has 2 aromatic heterocycles. The molecule has 6 nitrogen and oxygen atoms in total. The van der Waals surface area contributed by atoms with E-state index in [-0.39, 0.29) is 5.75 Å². The number of aromatic amines is 1. The summed E-state index contributed by atoms with van der Waals surface area (Å²) in [6, 6.07) is 1.66. The van der Waals surface area contributed by atoms with Crippen LogP contribution in [0.25, 0.3) is 11.2 Å². The minimum atomic E-state index is -3.25. The third kappa shape index (κ3) is 2.07. The fraction of sp³-hybridized carbons (Fsp3) is 0.250. The summed E-state index contributed by atoms with van der Waals surface area (Å²) in [7, 11) is -3.25. The van der Waals surface area contributed by atoms with Crippen molar-refractivity contribution in [3.05, 3.63) is 18.6 Å². The van der Waals surface area contributed by atoms with Crippen molar-refractivity contribution in [3.8, 4) is 0 Å². The van der Waals surface area contributed by atoms with Crippen LogP contribution in [0.5, 0.6) is 0 Å². The molecular weight excluding hydrogens is 216 g/mol. The van der Waals surface area contributed by atoms with Crippen LogP contribution in [0.15, 0.2) is 18.6 Å². The molecule has 0 fully saturated rings. The van der Waals surface area contributed by atoms with Crippen LogP contribution in [0.3, 0.4) is 0 Å². The molecule has 2 aromatic rings. The van der Waals surface area contributed by atoms with Crippen molar-refractivity contribution in [2.45, 2.75) is 6.92 Å². The Morgan fingerprint density at radius 3 is 3.00 bits per heavy atom. The van der Waals surface area contributed by atoms with E-state index in [0.717, 1.165) is 0 Å². The molecule has 2 rings (SSSR count). The van der Waals surface area contributed by atoms with Gasteiger partial charge in [-0.3, -0.25) is 4.72 Å². The van der Waals surface area contributed by atoms with Crippen LogP contribution in [0, 0.1) is 0 Å².